The van der Waals surface area contributed by atoms with Crippen LogP contribution in [0.5, 0.6) is 0 Å². The molecular weight excluding hydrogens is 447 g/mol. The molecule has 0 aliphatic rings. The number of fused-ring (bicyclic) bond motifs is 1. The number of rotatable bonds is 9. The van der Waals surface area contributed by atoms with Crippen LogP contribution < -0.4 is 5.73 Å². The molecule has 3 rings (SSSR count). The average Bonchev–Trinajstić information content (AvgIpc) is 3.06. The molecule has 0 atom stereocenters. The molecule has 0 amide bonds. The first-order chi connectivity index (χ1) is 14.2. The molecule has 0 saturated carbocycles. The second-order valence-electron chi connectivity index (χ2n) is 6.94. The van der Waals surface area contributed by atoms with E-state index in [1.165, 1.54) is 18.2 Å². The van der Waals surface area contributed by atoms with Gasteiger partial charge in [-0.2, -0.15) is 0 Å². The second kappa shape index (κ2) is 9.51. The lowest BCUT2D eigenvalue weighted by atomic mass is 10.2. The number of imidazole rings is 1. The molecule has 2 N–H and O–H groups in total. The molecule has 2 aromatic heterocycles. The van der Waals surface area contributed by atoms with Crippen LogP contribution in [-0.4, -0.2) is 35.3 Å². The number of ether oxygens (including phenoxy) is 1. The zero-order chi connectivity index (χ0) is 21.9. The van der Waals surface area contributed by atoms with Crippen LogP contribution in [0.15, 0.2) is 29.3 Å². The highest BCUT2D eigenvalue weighted by atomic mass is 35.5. The van der Waals surface area contributed by atoms with Gasteiger partial charge in [-0.3, -0.25) is 0 Å². The summed E-state index contributed by atoms with van der Waals surface area (Å²) in [6, 6.07) is 4.41. The Hall–Kier alpha value is -1.87. The molecule has 30 heavy (non-hydrogen) atoms. The minimum atomic E-state index is -3.50. The zero-order valence-corrected chi connectivity index (χ0v) is 19.2. The lowest BCUT2D eigenvalue weighted by Gasteiger charge is -2.11. The zero-order valence-electron chi connectivity index (χ0n) is 16.9. The van der Waals surface area contributed by atoms with Crippen LogP contribution in [-0.2, 0) is 27.7 Å². The fourth-order valence-corrected chi connectivity index (χ4v) is 5.51. The Morgan fingerprint density at radius 1 is 1.23 bits per heavy atom. The number of hydrogen-bond acceptors (Lipinski definition) is 6. The molecular formula is C20H24Cl2N4O3S. The van der Waals surface area contributed by atoms with E-state index in [1.807, 2.05) is 18.4 Å². The SMILES string of the molecule is CCOCc1nc2c(N)ncc(C)c2n1CCCCS(=O)(=O)c1ccc(Cl)cc1Cl. The molecule has 0 saturated heterocycles. The number of nitrogen functional groups attached to an aromatic ring is 1. The van der Waals surface area contributed by atoms with Gasteiger partial charge in [0.25, 0.3) is 0 Å². The lowest BCUT2D eigenvalue weighted by molar-refractivity contribution is 0.126. The predicted octanol–water partition coefficient (Wildman–Crippen LogP) is 4.42. The van der Waals surface area contributed by atoms with E-state index < -0.39 is 9.84 Å². The molecule has 1 aromatic carbocycles. The van der Waals surface area contributed by atoms with Crippen molar-refractivity contribution in [2.45, 2.75) is 44.7 Å². The van der Waals surface area contributed by atoms with Crippen LogP contribution in [0.3, 0.4) is 0 Å². The number of nitrogens with two attached hydrogens (primary N) is 1. The maximum absolute atomic E-state index is 12.7. The first kappa shape index (κ1) is 22.8. The summed E-state index contributed by atoms with van der Waals surface area (Å²) >= 11 is 11.9. The van der Waals surface area contributed by atoms with Crippen LogP contribution >= 0.6 is 23.2 Å². The first-order valence-electron chi connectivity index (χ1n) is 9.60. The molecule has 0 bridgehead atoms. The Kier molecular flexibility index (Phi) is 7.23. The van der Waals surface area contributed by atoms with Crippen molar-refractivity contribution in [3.05, 3.63) is 45.8 Å². The van der Waals surface area contributed by atoms with Crippen molar-refractivity contribution in [2.24, 2.45) is 0 Å². The first-order valence-corrected chi connectivity index (χ1v) is 12.0. The highest BCUT2D eigenvalue weighted by Gasteiger charge is 2.19. The van der Waals surface area contributed by atoms with Gasteiger partial charge in [0.15, 0.2) is 15.7 Å². The van der Waals surface area contributed by atoms with E-state index >= 15 is 0 Å². The Morgan fingerprint density at radius 3 is 2.70 bits per heavy atom. The molecule has 2 heterocycles. The number of halogens is 2. The summed E-state index contributed by atoms with van der Waals surface area (Å²) < 4.78 is 32.9. The van der Waals surface area contributed by atoms with E-state index in [0.29, 0.717) is 49.0 Å². The van der Waals surface area contributed by atoms with Crippen molar-refractivity contribution in [1.82, 2.24) is 14.5 Å². The predicted molar refractivity (Wildman–Crippen MR) is 120 cm³/mol. The molecule has 0 spiro atoms. The minimum Gasteiger partial charge on any atom is -0.382 e. The van der Waals surface area contributed by atoms with E-state index in [2.05, 4.69) is 9.97 Å². The largest absolute Gasteiger partial charge is 0.382 e. The van der Waals surface area contributed by atoms with E-state index in [1.54, 1.807) is 6.20 Å². The van der Waals surface area contributed by atoms with Gasteiger partial charge in [-0.05, 0) is 50.5 Å². The van der Waals surface area contributed by atoms with Gasteiger partial charge < -0.3 is 15.0 Å². The maximum atomic E-state index is 12.7. The minimum absolute atomic E-state index is 0.00947. The summed E-state index contributed by atoms with van der Waals surface area (Å²) in [6.45, 7) is 5.37. The Labute approximate surface area is 186 Å². The van der Waals surface area contributed by atoms with Gasteiger partial charge in [0.05, 0.1) is 21.2 Å². The average molecular weight is 471 g/mol. The van der Waals surface area contributed by atoms with Crippen molar-refractivity contribution in [2.75, 3.05) is 18.1 Å². The van der Waals surface area contributed by atoms with Crippen molar-refractivity contribution in [3.63, 3.8) is 0 Å². The Bertz CT molecular complexity index is 1160. The number of benzene rings is 1. The van der Waals surface area contributed by atoms with Crippen LogP contribution in [0.25, 0.3) is 11.0 Å². The molecule has 3 aromatic rings. The lowest BCUT2D eigenvalue weighted by Crippen LogP contribution is -2.10. The summed E-state index contributed by atoms with van der Waals surface area (Å²) in [7, 11) is -3.50. The topological polar surface area (TPSA) is 100 Å². The molecule has 7 nitrogen and oxygen atoms in total. The monoisotopic (exact) mass is 470 g/mol. The molecule has 162 valence electrons. The second-order valence-corrected chi connectivity index (χ2v) is 9.86. The number of nitrogens with zero attached hydrogens (tertiary/aromatic N) is 3. The van der Waals surface area contributed by atoms with Gasteiger partial charge in [-0.25, -0.2) is 18.4 Å². The smallest absolute Gasteiger partial charge is 0.179 e. The van der Waals surface area contributed by atoms with Crippen molar-refractivity contribution < 1.29 is 13.2 Å². The molecule has 10 heteroatoms. The standard InChI is InChI=1S/C20H24Cl2N4O3S/c1-3-29-12-17-25-18-19(13(2)11-24-20(18)23)26(17)8-4-5-9-30(27,28)16-7-6-14(21)10-15(16)22/h6-7,10-11H,3-5,8-9,12H2,1-2H3,(H2,23,24). The number of pyridine rings is 1. The van der Waals surface area contributed by atoms with Crippen LogP contribution in [0.1, 0.15) is 31.2 Å². The van der Waals surface area contributed by atoms with Crippen LogP contribution in [0.2, 0.25) is 10.0 Å². The number of hydrogen-bond donors (Lipinski definition) is 1. The van der Waals surface area contributed by atoms with Gasteiger partial charge in [0, 0.05) is 24.4 Å². The third-order valence-corrected chi connectivity index (χ3v) is 7.28. The number of anilines is 1. The van der Waals surface area contributed by atoms with E-state index in [4.69, 9.17) is 33.7 Å². The van der Waals surface area contributed by atoms with Gasteiger partial charge in [-0.15, -0.1) is 0 Å². The maximum Gasteiger partial charge on any atom is 0.179 e. The summed E-state index contributed by atoms with van der Waals surface area (Å²) in [6.07, 6.45) is 2.82. The highest BCUT2D eigenvalue weighted by molar-refractivity contribution is 7.91. The van der Waals surface area contributed by atoms with Gasteiger partial charge in [0.2, 0.25) is 0 Å². The third-order valence-electron chi connectivity index (χ3n) is 4.77. The quantitative estimate of drug-likeness (QED) is 0.464. The van der Waals surface area contributed by atoms with E-state index in [9.17, 15) is 8.42 Å². The number of unbranched alkanes of at least 4 members (excludes halogenated alkanes) is 1. The molecule has 0 aliphatic heterocycles. The molecule has 0 unspecified atom stereocenters. The van der Waals surface area contributed by atoms with Gasteiger partial charge in [-0.1, -0.05) is 23.2 Å². The summed E-state index contributed by atoms with van der Waals surface area (Å²) in [5.41, 5.74) is 8.51. The van der Waals surface area contributed by atoms with Gasteiger partial charge >= 0.3 is 0 Å². The molecule has 0 fully saturated rings. The number of sulfone groups is 1. The number of aryl methyl sites for hydroxylation is 2. The van der Waals surface area contributed by atoms with Crippen molar-refractivity contribution >= 4 is 49.9 Å². The van der Waals surface area contributed by atoms with Crippen molar-refractivity contribution in [3.8, 4) is 0 Å². The van der Waals surface area contributed by atoms with Crippen LogP contribution in [0, 0.1) is 6.92 Å². The third kappa shape index (κ3) is 4.88. The fourth-order valence-electron chi connectivity index (χ4n) is 3.31. The van der Waals surface area contributed by atoms with E-state index in [-0.39, 0.29) is 15.7 Å². The molecule has 0 radical (unpaired) electrons. The fraction of sp³-hybridized carbons (Fsp3) is 0.400. The van der Waals surface area contributed by atoms with Crippen molar-refractivity contribution in [1.29, 1.82) is 0 Å². The Balaban J connectivity index is 1.76. The summed E-state index contributed by atoms with van der Waals surface area (Å²) in [5, 5.41) is 0.539. The Morgan fingerprint density at radius 2 is 2.00 bits per heavy atom. The number of aromatic nitrogens is 3. The summed E-state index contributed by atoms with van der Waals surface area (Å²) in [4.78, 5) is 8.89. The molecule has 0 aliphatic carbocycles. The van der Waals surface area contributed by atoms with E-state index in [0.717, 1.165) is 16.9 Å². The van der Waals surface area contributed by atoms with Gasteiger partial charge in [0.1, 0.15) is 17.9 Å². The van der Waals surface area contributed by atoms with Crippen LogP contribution in [0.4, 0.5) is 5.82 Å². The highest BCUT2D eigenvalue weighted by Crippen LogP contribution is 2.27. The summed E-state index contributed by atoms with van der Waals surface area (Å²) in [5.74, 6) is 1.11. The normalized spacial score (nSPS) is 12.0.